The fourth-order valence-corrected chi connectivity index (χ4v) is 11.4. The molecule has 1 saturated carbocycles. The van der Waals surface area contributed by atoms with Gasteiger partial charge in [-0.3, -0.25) is 14.9 Å². The number of nitrogens with two attached hydrogens (primary N) is 1. The summed E-state index contributed by atoms with van der Waals surface area (Å²) in [6, 6.07) is 15.2. The Morgan fingerprint density at radius 1 is 0.779 bits per heavy atom. The molecule has 0 unspecified atom stereocenters. The molecule has 2 aromatic carbocycles. The van der Waals surface area contributed by atoms with E-state index >= 15 is 0 Å². The summed E-state index contributed by atoms with van der Waals surface area (Å²) >= 11 is 1.64. The smallest absolute Gasteiger partial charge is 0.119 e. The summed E-state index contributed by atoms with van der Waals surface area (Å²) in [5.41, 5.74) is 9.87. The number of aliphatic hydroxyl groups excluding tert-OH is 4. The zero-order chi connectivity index (χ0) is 47.9. The van der Waals surface area contributed by atoms with Gasteiger partial charge >= 0.3 is 0 Å². The van der Waals surface area contributed by atoms with E-state index in [2.05, 4.69) is 31.6 Å². The van der Waals surface area contributed by atoms with Crippen molar-refractivity contribution in [2.45, 2.75) is 115 Å². The largest absolute Gasteiger partial charge is 0.497 e. The molecule has 8 rings (SSSR count). The summed E-state index contributed by atoms with van der Waals surface area (Å²) in [6.07, 6.45) is 16.4. The van der Waals surface area contributed by atoms with Crippen LogP contribution in [0, 0.1) is 28.6 Å². The minimum Gasteiger partial charge on any atom is -0.497 e. The zero-order valence-corrected chi connectivity index (χ0v) is 41.1. The van der Waals surface area contributed by atoms with E-state index in [1.165, 1.54) is 51.3 Å². The van der Waals surface area contributed by atoms with Crippen LogP contribution < -0.4 is 15.2 Å². The summed E-state index contributed by atoms with van der Waals surface area (Å²) in [5.74, 6) is 8.74. The molecular formula is C55H74FN5O6S. The van der Waals surface area contributed by atoms with E-state index < -0.39 is 18.9 Å². The lowest BCUT2D eigenvalue weighted by Gasteiger charge is -2.41. The highest BCUT2D eigenvalue weighted by Crippen LogP contribution is 2.42. The van der Waals surface area contributed by atoms with Gasteiger partial charge in [-0.05, 0) is 172 Å². The normalized spacial score (nSPS) is 18.6. The molecular weight excluding hydrogens is 878 g/mol. The molecule has 13 heteroatoms. The first-order valence-electron chi connectivity index (χ1n) is 24.9. The molecule has 5 aromatic rings. The molecule has 368 valence electrons. The average Bonchev–Trinajstić information content (AvgIpc) is 3.92. The monoisotopic (exact) mass is 952 g/mol. The molecule has 2 saturated heterocycles. The quantitative estimate of drug-likeness (QED) is 0.0534. The van der Waals surface area contributed by atoms with Crippen LogP contribution in [0.1, 0.15) is 129 Å². The van der Waals surface area contributed by atoms with Crippen molar-refractivity contribution in [1.82, 2.24) is 19.8 Å². The first kappa shape index (κ1) is 51.6. The van der Waals surface area contributed by atoms with Gasteiger partial charge in [-0.25, -0.2) is 4.39 Å². The Kier molecular flexibility index (Phi) is 19.0. The summed E-state index contributed by atoms with van der Waals surface area (Å²) in [7, 11) is 3.22. The maximum absolute atomic E-state index is 13.8. The number of fused-ring (bicyclic) bond motifs is 2. The number of methoxy groups -OCH3 is 2. The van der Waals surface area contributed by atoms with E-state index in [0.717, 1.165) is 96.9 Å². The molecule has 0 bridgehead atoms. The number of benzene rings is 2. The third-order valence-electron chi connectivity index (χ3n) is 15.4. The van der Waals surface area contributed by atoms with Crippen molar-refractivity contribution in [1.29, 1.82) is 0 Å². The van der Waals surface area contributed by atoms with E-state index in [1.807, 2.05) is 41.8 Å². The fraction of sp³-hybridized carbons (Fsp3) is 0.564. The van der Waals surface area contributed by atoms with E-state index in [0.29, 0.717) is 60.1 Å². The van der Waals surface area contributed by atoms with Gasteiger partial charge in [-0.2, -0.15) is 0 Å². The molecule has 3 aliphatic rings. The molecule has 0 amide bonds. The van der Waals surface area contributed by atoms with Crippen molar-refractivity contribution in [3.8, 4) is 23.3 Å². The predicted octanol–water partition coefficient (Wildman–Crippen LogP) is 9.27. The lowest BCUT2D eigenvalue weighted by Crippen LogP contribution is -2.42. The maximum Gasteiger partial charge on any atom is 0.119 e. The molecule has 11 nitrogen and oxygen atoms in total. The topological polar surface area (TPSA) is 158 Å². The van der Waals surface area contributed by atoms with Gasteiger partial charge in [0.2, 0.25) is 0 Å². The van der Waals surface area contributed by atoms with E-state index in [1.54, 1.807) is 43.9 Å². The lowest BCUT2D eigenvalue weighted by molar-refractivity contribution is 0.0217. The number of likely N-dealkylation sites (tertiary alicyclic amines) is 2. The van der Waals surface area contributed by atoms with Gasteiger partial charge in [0.25, 0.3) is 0 Å². The predicted molar refractivity (Wildman–Crippen MR) is 270 cm³/mol. The van der Waals surface area contributed by atoms with Gasteiger partial charge in [0, 0.05) is 48.5 Å². The van der Waals surface area contributed by atoms with E-state index in [-0.39, 0.29) is 24.0 Å². The summed E-state index contributed by atoms with van der Waals surface area (Å²) < 4.78 is 24.5. The summed E-state index contributed by atoms with van der Waals surface area (Å²) in [6.45, 7) is 5.63. The second-order valence-corrected chi connectivity index (χ2v) is 20.6. The summed E-state index contributed by atoms with van der Waals surface area (Å²) in [5, 5.41) is 46.7. The molecule has 0 spiro atoms. The number of ether oxygens (including phenoxy) is 2. The molecule has 0 radical (unpaired) electrons. The van der Waals surface area contributed by atoms with Crippen LogP contribution in [0.25, 0.3) is 21.8 Å². The number of nitrogens with zero attached hydrogens (tertiary/aromatic N) is 4. The van der Waals surface area contributed by atoms with Gasteiger partial charge in [0.1, 0.15) is 18.2 Å². The average molecular weight is 952 g/mol. The number of hydrogen-bond donors (Lipinski definition) is 5. The lowest BCUT2D eigenvalue weighted by atomic mass is 9.74. The highest BCUT2D eigenvalue weighted by molar-refractivity contribution is 7.10. The summed E-state index contributed by atoms with van der Waals surface area (Å²) in [4.78, 5) is 14.8. The number of halogens is 1. The van der Waals surface area contributed by atoms with Crippen molar-refractivity contribution >= 4 is 33.1 Å². The molecule has 2 aliphatic heterocycles. The second-order valence-electron chi connectivity index (χ2n) is 19.6. The third-order valence-corrected chi connectivity index (χ3v) is 16.2. The number of rotatable bonds is 18. The molecule has 5 heterocycles. The first-order chi connectivity index (χ1) is 33.1. The van der Waals surface area contributed by atoms with Crippen LogP contribution in [0.3, 0.4) is 0 Å². The zero-order valence-electron chi connectivity index (χ0n) is 40.3. The number of aromatic nitrogens is 2. The van der Waals surface area contributed by atoms with Gasteiger partial charge < -0.3 is 40.5 Å². The SMILES string of the molecule is COc1ccc2ncc(CF)c([C@H](O)CCC3(CO)CCN(CC#Cc4cccs4)CC3)c2c1.COc1ccc2ncc(CN)c([C@H](O)CCC3(CO)CCN(CCC4CCCCC4)CC3)c2c1. The van der Waals surface area contributed by atoms with E-state index in [4.69, 9.17) is 15.2 Å². The van der Waals surface area contributed by atoms with Crippen molar-refractivity contribution in [3.63, 3.8) is 0 Å². The number of aliphatic hydroxyl groups is 4. The standard InChI is InChI=1S/C28H43N3O3.C27H31FN2O3S/c1-34-23-7-8-25-24(17-23)27(22(18-29)19-30-25)26(33)9-11-28(20-32)12-15-31(16-13-28)14-10-21-5-3-2-4-6-21;1-33-21-6-7-24-23(16-21)26(20(17-28)18-29-24)25(32)8-9-27(19-31)10-13-30(14-11-27)12-2-4-22-5-3-15-34-22/h7-8,17,19,21,26,32-33H,2-6,9-16,18,20,29H2,1H3;3,5-7,15-16,18,25,31-32H,8-14,17,19H2,1H3/t26-;25-/m11/s1. The number of thiophene rings is 1. The minimum atomic E-state index is -0.846. The fourth-order valence-electron chi connectivity index (χ4n) is 10.8. The molecule has 3 fully saturated rings. The van der Waals surface area contributed by atoms with Crippen LogP contribution in [-0.4, -0.2) is 107 Å². The van der Waals surface area contributed by atoms with Crippen LogP contribution in [0.2, 0.25) is 0 Å². The molecule has 6 N–H and O–H groups in total. The first-order valence-corrected chi connectivity index (χ1v) is 25.7. The minimum absolute atomic E-state index is 0.0787. The van der Waals surface area contributed by atoms with Gasteiger partial charge in [-0.1, -0.05) is 50.0 Å². The van der Waals surface area contributed by atoms with Crippen LogP contribution in [0.5, 0.6) is 11.5 Å². The third kappa shape index (κ3) is 13.1. The Morgan fingerprint density at radius 2 is 1.32 bits per heavy atom. The highest BCUT2D eigenvalue weighted by Gasteiger charge is 2.36. The van der Waals surface area contributed by atoms with Crippen LogP contribution in [-0.2, 0) is 13.2 Å². The van der Waals surface area contributed by atoms with Crippen molar-refractivity contribution < 1.29 is 34.3 Å². The maximum atomic E-state index is 13.8. The van der Waals surface area contributed by atoms with Crippen LogP contribution in [0.4, 0.5) is 4.39 Å². The Morgan fingerprint density at radius 3 is 1.82 bits per heavy atom. The molecule has 3 aromatic heterocycles. The van der Waals surface area contributed by atoms with Gasteiger partial charge in [-0.15, -0.1) is 11.3 Å². The molecule has 1 aliphatic carbocycles. The Balaban J connectivity index is 0.000000201. The molecule has 68 heavy (non-hydrogen) atoms. The Labute approximate surface area is 406 Å². The molecule has 2 atom stereocenters. The number of piperidine rings is 2. The van der Waals surface area contributed by atoms with Crippen molar-refractivity contribution in [2.75, 3.05) is 66.7 Å². The number of hydrogen-bond acceptors (Lipinski definition) is 12. The Bertz CT molecular complexity index is 2390. The van der Waals surface area contributed by atoms with Gasteiger partial charge in [0.15, 0.2) is 0 Å². The van der Waals surface area contributed by atoms with Crippen molar-refractivity contribution in [2.24, 2.45) is 22.5 Å². The number of pyridine rings is 2. The van der Waals surface area contributed by atoms with Crippen LogP contribution in [0.15, 0.2) is 66.3 Å². The number of alkyl halides is 1. The van der Waals surface area contributed by atoms with Crippen molar-refractivity contribution in [3.05, 3.63) is 93.4 Å². The Hall–Kier alpha value is -4.23. The van der Waals surface area contributed by atoms with E-state index in [9.17, 15) is 24.8 Å². The van der Waals surface area contributed by atoms with Crippen LogP contribution >= 0.6 is 11.3 Å². The van der Waals surface area contributed by atoms with Gasteiger partial charge in [0.05, 0.1) is 48.9 Å². The second kappa shape index (κ2) is 25.1. The highest BCUT2D eigenvalue weighted by atomic mass is 32.1.